The van der Waals surface area contributed by atoms with Crippen molar-refractivity contribution in [3.05, 3.63) is 47.3 Å². The number of carbonyl (C=O) groups excluding carboxylic acids is 2. The number of aromatic nitrogens is 3. The SMILES string of the molecule is CC(CC(=O)N1C[C@H](F)[C@H](NC(=O)c2cc(-c3cc(C(F)(F)F)c4c(N)ncnn34)c(F)cc2F)C1)C(F)(F)F. The van der Waals surface area contributed by atoms with E-state index < -0.39 is 107 Å². The molecule has 1 saturated heterocycles. The summed E-state index contributed by atoms with van der Waals surface area (Å²) >= 11 is 0. The largest absolute Gasteiger partial charge is 0.418 e. The maximum atomic E-state index is 14.8. The maximum absolute atomic E-state index is 14.8. The number of halogens is 9. The number of carbonyl (C=O) groups is 2. The first-order valence-electron chi connectivity index (χ1n) is 11.5. The minimum Gasteiger partial charge on any atom is -0.382 e. The average molecular weight is 582 g/mol. The summed E-state index contributed by atoms with van der Waals surface area (Å²) in [5, 5.41) is 5.75. The summed E-state index contributed by atoms with van der Waals surface area (Å²) in [6.45, 7) is -0.384. The number of hydrogen-bond acceptors (Lipinski definition) is 5. The van der Waals surface area contributed by atoms with Crippen LogP contribution in [0.15, 0.2) is 24.5 Å². The molecule has 0 aliphatic carbocycles. The number of likely N-dealkylation sites (tertiary alicyclic amines) is 1. The van der Waals surface area contributed by atoms with Gasteiger partial charge in [-0.15, -0.1) is 0 Å². The van der Waals surface area contributed by atoms with Gasteiger partial charge in [0.1, 0.15) is 29.7 Å². The number of fused-ring (bicyclic) bond motifs is 1. The average Bonchev–Trinajstić information content (AvgIpc) is 3.40. The second-order valence-electron chi connectivity index (χ2n) is 9.20. The van der Waals surface area contributed by atoms with Crippen LogP contribution in [-0.2, 0) is 11.0 Å². The fourth-order valence-corrected chi connectivity index (χ4v) is 4.25. The van der Waals surface area contributed by atoms with Gasteiger partial charge in [0.2, 0.25) is 5.91 Å². The third-order valence-corrected chi connectivity index (χ3v) is 6.42. The van der Waals surface area contributed by atoms with Gasteiger partial charge in [-0.25, -0.2) is 22.7 Å². The topological polar surface area (TPSA) is 106 Å². The van der Waals surface area contributed by atoms with E-state index in [2.05, 4.69) is 15.4 Å². The predicted molar refractivity (Wildman–Crippen MR) is 120 cm³/mol. The number of nitrogen functional groups attached to an aromatic ring is 1. The Morgan fingerprint density at radius 3 is 2.40 bits per heavy atom. The Morgan fingerprint density at radius 1 is 1.10 bits per heavy atom. The lowest BCUT2D eigenvalue weighted by molar-refractivity contribution is -0.176. The van der Waals surface area contributed by atoms with E-state index in [4.69, 9.17) is 5.73 Å². The van der Waals surface area contributed by atoms with E-state index in [1.165, 1.54) is 0 Å². The van der Waals surface area contributed by atoms with Crippen molar-refractivity contribution >= 4 is 23.1 Å². The number of nitrogens with one attached hydrogen (secondary N) is 1. The molecule has 3 atom stereocenters. The molecular weight excluding hydrogens is 563 g/mol. The smallest absolute Gasteiger partial charge is 0.382 e. The van der Waals surface area contributed by atoms with E-state index in [-0.39, 0.29) is 6.07 Å². The highest BCUT2D eigenvalue weighted by Gasteiger charge is 2.42. The van der Waals surface area contributed by atoms with E-state index in [1.54, 1.807) is 0 Å². The predicted octanol–water partition coefficient (Wildman–Crippen LogP) is 4.14. The monoisotopic (exact) mass is 582 g/mol. The summed E-state index contributed by atoms with van der Waals surface area (Å²) in [5.74, 6) is -7.71. The Balaban J connectivity index is 1.61. The summed E-state index contributed by atoms with van der Waals surface area (Å²) in [5.41, 5.74) is 1.40. The molecule has 4 rings (SSSR count). The molecule has 1 aliphatic heterocycles. The highest BCUT2D eigenvalue weighted by Crippen LogP contribution is 2.39. The third-order valence-electron chi connectivity index (χ3n) is 6.42. The van der Waals surface area contributed by atoms with Crippen molar-refractivity contribution in [2.75, 3.05) is 18.8 Å². The zero-order valence-corrected chi connectivity index (χ0v) is 20.2. The zero-order valence-electron chi connectivity index (χ0n) is 20.2. The number of rotatable bonds is 5. The highest BCUT2D eigenvalue weighted by molar-refractivity contribution is 5.96. The lowest BCUT2D eigenvalue weighted by Crippen LogP contribution is -2.42. The van der Waals surface area contributed by atoms with Crippen molar-refractivity contribution in [1.29, 1.82) is 0 Å². The molecule has 1 aliphatic rings. The molecule has 0 bridgehead atoms. The van der Waals surface area contributed by atoms with Gasteiger partial charge in [0.25, 0.3) is 5.91 Å². The van der Waals surface area contributed by atoms with Crippen LogP contribution >= 0.6 is 0 Å². The van der Waals surface area contributed by atoms with Gasteiger partial charge in [-0.05, 0) is 12.1 Å². The van der Waals surface area contributed by atoms with E-state index in [0.717, 1.165) is 18.2 Å². The summed E-state index contributed by atoms with van der Waals surface area (Å²) in [6.07, 6.45) is -11.7. The van der Waals surface area contributed by atoms with Crippen molar-refractivity contribution in [3.8, 4) is 11.3 Å². The normalized spacial score (nSPS) is 18.8. The first-order valence-corrected chi connectivity index (χ1v) is 11.5. The van der Waals surface area contributed by atoms with Gasteiger partial charge in [0, 0.05) is 24.6 Å². The minimum atomic E-state index is -4.97. The maximum Gasteiger partial charge on any atom is 0.418 e. The molecule has 3 aromatic rings. The van der Waals surface area contributed by atoms with E-state index in [0.29, 0.717) is 16.6 Å². The Labute approximate surface area is 218 Å². The van der Waals surface area contributed by atoms with Crippen LogP contribution in [-0.4, -0.2) is 62.8 Å². The number of nitrogens with zero attached hydrogens (tertiary/aromatic N) is 4. The molecular formula is C23H19F9N6O2. The van der Waals surface area contributed by atoms with Crippen LogP contribution in [0.5, 0.6) is 0 Å². The Hall–Kier alpha value is -4.05. The van der Waals surface area contributed by atoms with Gasteiger partial charge in [-0.1, -0.05) is 6.92 Å². The van der Waals surface area contributed by atoms with Gasteiger partial charge in [-0.3, -0.25) is 9.59 Å². The standard InChI is InChI=1S/C23H19F9N6O2/c1-9(22(27,28)29)2-18(39)37-6-15(26)16(7-37)36-21(40)11-3-10(13(24)5-14(11)25)17-4-12(23(30,31)32)19-20(33)34-8-35-38(17)19/h3-5,8-9,15-16H,2,6-7H2,1H3,(H,36,40)(H2,33,34,35)/t9?,15-,16+/m0/s1. The van der Waals surface area contributed by atoms with Crippen molar-refractivity contribution in [1.82, 2.24) is 24.8 Å². The molecule has 0 radical (unpaired) electrons. The van der Waals surface area contributed by atoms with Crippen LogP contribution in [0.2, 0.25) is 0 Å². The summed E-state index contributed by atoms with van der Waals surface area (Å²) in [4.78, 5) is 29.3. The van der Waals surface area contributed by atoms with Crippen LogP contribution in [0.3, 0.4) is 0 Å². The van der Waals surface area contributed by atoms with Crippen molar-refractivity contribution < 1.29 is 49.1 Å². The number of amides is 2. The van der Waals surface area contributed by atoms with Gasteiger partial charge in [-0.2, -0.15) is 31.4 Å². The zero-order chi connectivity index (χ0) is 29.7. The Kier molecular flexibility index (Phi) is 7.36. The molecule has 1 aromatic carbocycles. The number of nitrogens with two attached hydrogens (primary N) is 1. The quantitative estimate of drug-likeness (QED) is 0.440. The first-order chi connectivity index (χ1) is 18.5. The van der Waals surface area contributed by atoms with Crippen LogP contribution in [0, 0.1) is 17.6 Å². The molecule has 17 heteroatoms. The number of alkyl halides is 7. The second-order valence-corrected chi connectivity index (χ2v) is 9.20. The molecule has 3 N–H and O–H groups in total. The summed E-state index contributed by atoms with van der Waals surface area (Å²) < 4.78 is 124. The van der Waals surface area contributed by atoms with E-state index in [9.17, 15) is 49.1 Å². The Morgan fingerprint density at radius 2 is 1.77 bits per heavy atom. The van der Waals surface area contributed by atoms with Crippen LogP contribution in [0.25, 0.3) is 16.8 Å². The number of anilines is 1. The molecule has 0 spiro atoms. The summed E-state index contributed by atoms with van der Waals surface area (Å²) in [6, 6.07) is -0.143. The first kappa shape index (κ1) is 28.9. The van der Waals surface area contributed by atoms with Crippen LogP contribution in [0.4, 0.5) is 45.3 Å². The molecule has 1 fully saturated rings. The molecule has 8 nitrogen and oxygen atoms in total. The van der Waals surface area contributed by atoms with Crippen LogP contribution in [0.1, 0.15) is 29.3 Å². The van der Waals surface area contributed by atoms with E-state index >= 15 is 0 Å². The number of hydrogen-bond donors (Lipinski definition) is 2. The summed E-state index contributed by atoms with van der Waals surface area (Å²) in [7, 11) is 0. The lowest BCUT2D eigenvalue weighted by atomic mass is 10.0. The molecule has 2 aromatic heterocycles. The molecule has 0 saturated carbocycles. The molecule has 1 unspecified atom stereocenters. The van der Waals surface area contributed by atoms with Crippen molar-refractivity contribution in [2.24, 2.45) is 5.92 Å². The molecule has 2 amide bonds. The minimum absolute atomic E-state index is 0.234. The van der Waals surface area contributed by atoms with Crippen LogP contribution < -0.4 is 11.1 Å². The van der Waals surface area contributed by atoms with Gasteiger partial charge < -0.3 is 16.0 Å². The Bertz CT molecular complexity index is 1470. The fourth-order valence-electron chi connectivity index (χ4n) is 4.25. The van der Waals surface area contributed by atoms with Gasteiger partial charge in [0.15, 0.2) is 5.82 Å². The third kappa shape index (κ3) is 5.49. The fraction of sp³-hybridized carbons (Fsp3) is 0.391. The molecule has 3 heterocycles. The van der Waals surface area contributed by atoms with Crippen molar-refractivity contribution in [3.63, 3.8) is 0 Å². The second kappa shape index (κ2) is 10.2. The number of benzene rings is 1. The highest BCUT2D eigenvalue weighted by atomic mass is 19.4. The molecule has 216 valence electrons. The van der Waals surface area contributed by atoms with E-state index in [1.807, 2.05) is 0 Å². The lowest BCUT2D eigenvalue weighted by Gasteiger charge is -2.20. The van der Waals surface area contributed by atoms with Crippen molar-refractivity contribution in [2.45, 2.75) is 37.9 Å². The molecule has 40 heavy (non-hydrogen) atoms. The van der Waals surface area contributed by atoms with Gasteiger partial charge >= 0.3 is 12.4 Å². The van der Waals surface area contributed by atoms with Gasteiger partial charge in [0.05, 0.1) is 35.3 Å².